The number of rotatable bonds is 4. The van der Waals surface area contributed by atoms with E-state index in [1.165, 1.54) is 31.4 Å². The standard InChI is InChI=1S/C20H24FN3O2/c21-17-7-9-18(10-8-17)26-19-11-6-16(14-22-19)15-23-20(25)24-12-4-2-1-3-5-13-24/h6-11,14H,1-5,12-13,15H2,(H,23,25). The van der Waals surface area contributed by atoms with Gasteiger partial charge < -0.3 is 15.0 Å². The van der Waals surface area contributed by atoms with Gasteiger partial charge in [-0.05, 0) is 42.7 Å². The molecule has 1 aliphatic heterocycles. The van der Waals surface area contributed by atoms with E-state index in [0.717, 1.165) is 31.5 Å². The summed E-state index contributed by atoms with van der Waals surface area (Å²) in [5, 5.41) is 2.96. The lowest BCUT2D eigenvalue weighted by Crippen LogP contribution is -2.41. The molecule has 3 rings (SSSR count). The molecule has 1 aromatic heterocycles. The molecule has 0 atom stereocenters. The number of hydrogen-bond acceptors (Lipinski definition) is 3. The lowest BCUT2D eigenvalue weighted by Gasteiger charge is -2.25. The molecule has 0 saturated carbocycles. The van der Waals surface area contributed by atoms with Gasteiger partial charge in [0.15, 0.2) is 0 Å². The summed E-state index contributed by atoms with van der Waals surface area (Å²) in [6.45, 7) is 2.09. The van der Waals surface area contributed by atoms with E-state index >= 15 is 0 Å². The molecule has 0 radical (unpaired) electrons. The average molecular weight is 357 g/mol. The van der Waals surface area contributed by atoms with Crippen molar-refractivity contribution in [1.82, 2.24) is 15.2 Å². The molecule has 1 saturated heterocycles. The lowest BCUT2D eigenvalue weighted by molar-refractivity contribution is 0.192. The number of nitrogens with zero attached hydrogens (tertiary/aromatic N) is 2. The Morgan fingerprint density at radius 1 is 1.04 bits per heavy atom. The predicted octanol–water partition coefficient (Wildman–Crippen LogP) is 4.49. The van der Waals surface area contributed by atoms with Crippen LogP contribution in [0.15, 0.2) is 42.6 Å². The minimum atomic E-state index is -0.309. The van der Waals surface area contributed by atoms with Crippen molar-refractivity contribution in [2.45, 2.75) is 38.6 Å². The topological polar surface area (TPSA) is 54.5 Å². The number of hydrogen-bond donors (Lipinski definition) is 1. The van der Waals surface area contributed by atoms with Crippen molar-refractivity contribution < 1.29 is 13.9 Å². The largest absolute Gasteiger partial charge is 0.439 e. The van der Waals surface area contributed by atoms with Crippen LogP contribution in [-0.2, 0) is 6.54 Å². The molecule has 26 heavy (non-hydrogen) atoms. The van der Waals surface area contributed by atoms with Gasteiger partial charge >= 0.3 is 6.03 Å². The van der Waals surface area contributed by atoms with Crippen LogP contribution in [0.4, 0.5) is 9.18 Å². The average Bonchev–Trinajstić information content (AvgIpc) is 2.62. The molecule has 6 heteroatoms. The molecule has 5 nitrogen and oxygen atoms in total. The van der Waals surface area contributed by atoms with E-state index < -0.39 is 0 Å². The summed E-state index contributed by atoms with van der Waals surface area (Å²) in [5.41, 5.74) is 0.900. The molecular formula is C20H24FN3O2. The Morgan fingerprint density at radius 3 is 2.38 bits per heavy atom. The molecule has 1 N–H and O–H groups in total. The van der Waals surface area contributed by atoms with Gasteiger partial charge in [-0.25, -0.2) is 14.2 Å². The number of nitrogens with one attached hydrogen (secondary N) is 1. The van der Waals surface area contributed by atoms with Crippen molar-refractivity contribution in [1.29, 1.82) is 0 Å². The third kappa shape index (κ3) is 5.44. The monoisotopic (exact) mass is 357 g/mol. The molecule has 0 unspecified atom stereocenters. The SMILES string of the molecule is O=C(NCc1ccc(Oc2ccc(F)cc2)nc1)N1CCCCCCC1. The van der Waals surface area contributed by atoms with Crippen molar-refractivity contribution in [2.75, 3.05) is 13.1 Å². The van der Waals surface area contributed by atoms with Crippen molar-refractivity contribution >= 4 is 6.03 Å². The molecule has 0 aliphatic carbocycles. The second-order valence-corrected chi connectivity index (χ2v) is 6.47. The Hall–Kier alpha value is -2.63. The van der Waals surface area contributed by atoms with Crippen LogP contribution >= 0.6 is 0 Å². The maximum atomic E-state index is 12.9. The van der Waals surface area contributed by atoms with Gasteiger partial charge in [0.05, 0.1) is 0 Å². The van der Waals surface area contributed by atoms with Gasteiger partial charge in [0.25, 0.3) is 0 Å². The summed E-state index contributed by atoms with van der Waals surface area (Å²) < 4.78 is 18.5. The molecule has 2 aromatic rings. The number of carbonyl (C=O) groups is 1. The number of aromatic nitrogens is 1. The van der Waals surface area contributed by atoms with E-state index in [1.807, 2.05) is 11.0 Å². The number of amides is 2. The van der Waals surface area contributed by atoms with E-state index in [0.29, 0.717) is 18.2 Å². The first-order valence-electron chi connectivity index (χ1n) is 9.12. The Labute approximate surface area is 153 Å². The van der Waals surface area contributed by atoms with Gasteiger partial charge in [-0.3, -0.25) is 0 Å². The van der Waals surface area contributed by atoms with E-state index in [2.05, 4.69) is 10.3 Å². The molecule has 1 fully saturated rings. The quantitative estimate of drug-likeness (QED) is 0.877. The van der Waals surface area contributed by atoms with Crippen LogP contribution in [0.25, 0.3) is 0 Å². The number of benzene rings is 1. The van der Waals surface area contributed by atoms with Crippen molar-refractivity contribution in [3.05, 3.63) is 54.0 Å². The summed E-state index contributed by atoms with van der Waals surface area (Å²) in [4.78, 5) is 18.4. The second kappa shape index (κ2) is 9.17. The number of urea groups is 1. The fraction of sp³-hybridized carbons (Fsp3) is 0.400. The van der Waals surface area contributed by atoms with Crippen LogP contribution in [0.1, 0.15) is 37.7 Å². The van der Waals surface area contributed by atoms with Gasteiger partial charge in [0.2, 0.25) is 5.88 Å². The molecular weight excluding hydrogens is 333 g/mol. The number of carbonyl (C=O) groups excluding carboxylic acids is 1. The summed E-state index contributed by atoms with van der Waals surface area (Å²) in [6, 6.07) is 9.36. The summed E-state index contributed by atoms with van der Waals surface area (Å²) in [7, 11) is 0. The van der Waals surface area contributed by atoms with Crippen LogP contribution in [0.2, 0.25) is 0 Å². The highest BCUT2D eigenvalue weighted by Gasteiger charge is 2.14. The second-order valence-electron chi connectivity index (χ2n) is 6.47. The first kappa shape index (κ1) is 18.2. The Kier molecular flexibility index (Phi) is 6.41. The van der Waals surface area contributed by atoms with E-state index in [-0.39, 0.29) is 11.8 Å². The first-order chi connectivity index (χ1) is 12.7. The summed E-state index contributed by atoms with van der Waals surface area (Å²) in [6.07, 6.45) is 7.49. The highest BCUT2D eigenvalue weighted by Crippen LogP contribution is 2.19. The molecule has 0 bridgehead atoms. The lowest BCUT2D eigenvalue weighted by atomic mass is 10.1. The fourth-order valence-electron chi connectivity index (χ4n) is 2.94. The van der Waals surface area contributed by atoms with Crippen LogP contribution in [0, 0.1) is 5.82 Å². The van der Waals surface area contributed by atoms with Gasteiger partial charge in [-0.15, -0.1) is 0 Å². The Bertz CT molecular complexity index is 696. The van der Waals surface area contributed by atoms with Crippen LogP contribution in [0.5, 0.6) is 11.6 Å². The van der Waals surface area contributed by atoms with E-state index in [4.69, 9.17) is 4.74 Å². The smallest absolute Gasteiger partial charge is 0.317 e. The van der Waals surface area contributed by atoms with Gasteiger partial charge in [0, 0.05) is 31.9 Å². The maximum Gasteiger partial charge on any atom is 0.317 e. The number of ether oxygens (including phenoxy) is 1. The fourth-order valence-corrected chi connectivity index (χ4v) is 2.94. The molecule has 0 spiro atoms. The summed E-state index contributed by atoms with van der Waals surface area (Å²) >= 11 is 0. The molecule has 1 aromatic carbocycles. The number of likely N-dealkylation sites (tertiary alicyclic amines) is 1. The molecule has 138 valence electrons. The van der Waals surface area contributed by atoms with Crippen LogP contribution in [-0.4, -0.2) is 29.0 Å². The van der Waals surface area contributed by atoms with Crippen LogP contribution in [0.3, 0.4) is 0 Å². The minimum absolute atomic E-state index is 0.0152. The number of halogens is 1. The predicted molar refractivity (Wildman–Crippen MR) is 97.6 cm³/mol. The number of pyridine rings is 1. The van der Waals surface area contributed by atoms with Gasteiger partial charge in [-0.2, -0.15) is 0 Å². The third-order valence-corrected chi connectivity index (χ3v) is 4.42. The van der Waals surface area contributed by atoms with Gasteiger partial charge in [-0.1, -0.05) is 25.3 Å². The third-order valence-electron chi connectivity index (χ3n) is 4.42. The Morgan fingerprint density at radius 2 is 1.73 bits per heavy atom. The highest BCUT2D eigenvalue weighted by molar-refractivity contribution is 5.74. The Balaban J connectivity index is 1.49. The van der Waals surface area contributed by atoms with E-state index in [9.17, 15) is 9.18 Å². The molecule has 2 amide bonds. The zero-order valence-electron chi connectivity index (χ0n) is 14.8. The van der Waals surface area contributed by atoms with Gasteiger partial charge in [0.1, 0.15) is 11.6 Å². The maximum absolute atomic E-state index is 12.9. The normalized spacial score (nSPS) is 15.0. The minimum Gasteiger partial charge on any atom is -0.439 e. The zero-order valence-corrected chi connectivity index (χ0v) is 14.8. The van der Waals surface area contributed by atoms with E-state index in [1.54, 1.807) is 24.4 Å². The van der Waals surface area contributed by atoms with Crippen molar-refractivity contribution in [3.8, 4) is 11.6 Å². The molecule has 2 heterocycles. The molecule has 1 aliphatic rings. The highest BCUT2D eigenvalue weighted by atomic mass is 19.1. The van der Waals surface area contributed by atoms with Crippen molar-refractivity contribution in [3.63, 3.8) is 0 Å². The summed E-state index contributed by atoms with van der Waals surface area (Å²) in [5.74, 6) is 0.643. The van der Waals surface area contributed by atoms with Crippen molar-refractivity contribution in [2.24, 2.45) is 0 Å². The van der Waals surface area contributed by atoms with Crippen LogP contribution < -0.4 is 10.1 Å². The first-order valence-corrected chi connectivity index (χ1v) is 9.12. The zero-order chi connectivity index (χ0) is 18.2.